The second kappa shape index (κ2) is 5.71. The zero-order valence-electron chi connectivity index (χ0n) is 10.6. The molecule has 0 heterocycles. The molecule has 5 heteroatoms. The van der Waals surface area contributed by atoms with Gasteiger partial charge in [-0.25, -0.2) is 4.79 Å². The Morgan fingerprint density at radius 1 is 1.50 bits per heavy atom. The first-order valence-corrected chi connectivity index (χ1v) is 6.41. The van der Waals surface area contributed by atoms with Crippen molar-refractivity contribution in [3.05, 3.63) is 28.2 Å². The van der Waals surface area contributed by atoms with Crippen molar-refractivity contribution in [3.8, 4) is 5.75 Å². The van der Waals surface area contributed by atoms with E-state index >= 15 is 0 Å². The lowest BCUT2D eigenvalue weighted by Crippen LogP contribution is -2.37. The summed E-state index contributed by atoms with van der Waals surface area (Å²) < 4.78 is 6.07. The molecule has 1 atom stereocenters. The molecule has 0 radical (unpaired) electrons. The Morgan fingerprint density at radius 3 is 2.56 bits per heavy atom. The van der Waals surface area contributed by atoms with Gasteiger partial charge >= 0.3 is 5.97 Å². The van der Waals surface area contributed by atoms with Crippen LogP contribution in [0.4, 0.5) is 0 Å². The van der Waals surface area contributed by atoms with E-state index in [2.05, 4.69) is 15.9 Å². The van der Waals surface area contributed by atoms with E-state index in [0.717, 1.165) is 0 Å². The van der Waals surface area contributed by atoms with Gasteiger partial charge in [0.1, 0.15) is 12.4 Å². The van der Waals surface area contributed by atoms with Gasteiger partial charge in [0, 0.05) is 0 Å². The van der Waals surface area contributed by atoms with Crippen molar-refractivity contribution < 1.29 is 19.7 Å². The van der Waals surface area contributed by atoms with Gasteiger partial charge in [-0.1, -0.05) is 13.8 Å². The summed E-state index contributed by atoms with van der Waals surface area (Å²) in [6, 6.07) is 4.51. The minimum absolute atomic E-state index is 0.0644. The number of carboxylic acid groups (broad SMARTS) is 1. The summed E-state index contributed by atoms with van der Waals surface area (Å²) in [5.41, 5.74) is -0.741. The standard InChI is InChI=1S/C13H17BrO4/c1-8(2)13(3,17)7-18-11-5-4-9(12(15)16)6-10(11)14/h4-6,8,17H,7H2,1-3H3,(H,15,16). The Kier molecular flexibility index (Phi) is 4.76. The summed E-state index contributed by atoms with van der Waals surface area (Å²) in [6.45, 7) is 5.67. The maximum absolute atomic E-state index is 10.8. The van der Waals surface area contributed by atoms with Crippen molar-refractivity contribution in [2.45, 2.75) is 26.4 Å². The summed E-state index contributed by atoms with van der Waals surface area (Å²) in [7, 11) is 0. The molecule has 0 fully saturated rings. The van der Waals surface area contributed by atoms with E-state index < -0.39 is 11.6 Å². The lowest BCUT2D eigenvalue weighted by Gasteiger charge is -2.27. The highest BCUT2D eigenvalue weighted by Gasteiger charge is 2.26. The summed E-state index contributed by atoms with van der Waals surface area (Å²) >= 11 is 3.25. The molecule has 1 aromatic carbocycles. The third-order valence-corrected chi connectivity index (χ3v) is 3.56. The Bertz CT molecular complexity index is 441. The number of hydrogen-bond donors (Lipinski definition) is 2. The second-order valence-electron chi connectivity index (χ2n) is 4.75. The fourth-order valence-corrected chi connectivity index (χ4v) is 1.63. The highest BCUT2D eigenvalue weighted by atomic mass is 79.9. The zero-order chi connectivity index (χ0) is 13.9. The topological polar surface area (TPSA) is 66.8 Å². The maximum Gasteiger partial charge on any atom is 0.335 e. The van der Waals surface area contributed by atoms with Crippen LogP contribution in [0.2, 0.25) is 0 Å². The van der Waals surface area contributed by atoms with Crippen molar-refractivity contribution in [1.82, 2.24) is 0 Å². The fourth-order valence-electron chi connectivity index (χ4n) is 1.14. The largest absolute Gasteiger partial charge is 0.489 e. The van der Waals surface area contributed by atoms with Gasteiger partial charge in [0.15, 0.2) is 0 Å². The minimum atomic E-state index is -0.989. The van der Waals surface area contributed by atoms with E-state index in [1.54, 1.807) is 13.0 Å². The molecule has 0 amide bonds. The maximum atomic E-state index is 10.8. The SMILES string of the molecule is CC(C)C(C)(O)COc1ccc(C(=O)O)cc1Br. The Hall–Kier alpha value is -1.07. The van der Waals surface area contributed by atoms with Gasteiger partial charge in [0.25, 0.3) is 0 Å². The third-order valence-electron chi connectivity index (χ3n) is 2.94. The van der Waals surface area contributed by atoms with Crippen LogP contribution in [0, 0.1) is 5.92 Å². The molecule has 0 spiro atoms. The van der Waals surface area contributed by atoms with E-state index in [1.165, 1.54) is 12.1 Å². The normalized spacial score (nSPS) is 14.3. The van der Waals surface area contributed by atoms with Crippen molar-refractivity contribution in [3.63, 3.8) is 0 Å². The first-order chi connectivity index (χ1) is 8.24. The minimum Gasteiger partial charge on any atom is -0.489 e. The predicted octanol–water partition coefficient (Wildman–Crippen LogP) is 2.93. The summed E-state index contributed by atoms with van der Waals surface area (Å²) in [5, 5.41) is 18.9. The van der Waals surface area contributed by atoms with E-state index in [1.807, 2.05) is 13.8 Å². The van der Waals surface area contributed by atoms with Crippen LogP contribution in [0.3, 0.4) is 0 Å². The second-order valence-corrected chi connectivity index (χ2v) is 5.61. The number of aromatic carboxylic acids is 1. The summed E-state index contributed by atoms with van der Waals surface area (Å²) in [5.74, 6) is -0.410. The molecule has 0 aliphatic rings. The number of halogens is 1. The molecule has 2 N–H and O–H groups in total. The smallest absolute Gasteiger partial charge is 0.335 e. The molecule has 18 heavy (non-hydrogen) atoms. The van der Waals surface area contributed by atoms with Crippen LogP contribution in [0.15, 0.2) is 22.7 Å². The summed E-state index contributed by atoms with van der Waals surface area (Å²) in [6.07, 6.45) is 0. The quantitative estimate of drug-likeness (QED) is 0.876. The third kappa shape index (κ3) is 3.71. The van der Waals surface area contributed by atoms with Crippen LogP contribution in [0.1, 0.15) is 31.1 Å². The first-order valence-electron chi connectivity index (χ1n) is 5.62. The first kappa shape index (κ1) is 15.0. The molecule has 4 nitrogen and oxygen atoms in total. The summed E-state index contributed by atoms with van der Waals surface area (Å²) in [4.78, 5) is 10.8. The van der Waals surface area contributed by atoms with Gasteiger partial charge in [0.05, 0.1) is 15.6 Å². The Labute approximate surface area is 115 Å². The van der Waals surface area contributed by atoms with Gasteiger partial charge in [-0.15, -0.1) is 0 Å². The number of rotatable bonds is 5. The monoisotopic (exact) mass is 316 g/mol. The molecule has 0 bridgehead atoms. The molecular weight excluding hydrogens is 300 g/mol. The number of carbonyl (C=O) groups is 1. The van der Waals surface area contributed by atoms with Gasteiger partial charge < -0.3 is 14.9 Å². The van der Waals surface area contributed by atoms with Crippen molar-refractivity contribution >= 4 is 21.9 Å². The lowest BCUT2D eigenvalue weighted by atomic mass is 9.94. The zero-order valence-corrected chi connectivity index (χ0v) is 12.2. The molecular formula is C13H17BrO4. The molecule has 1 rings (SSSR count). The number of hydrogen-bond acceptors (Lipinski definition) is 3. The van der Waals surface area contributed by atoms with Gasteiger partial charge in [-0.3, -0.25) is 0 Å². The van der Waals surface area contributed by atoms with Crippen molar-refractivity contribution in [2.75, 3.05) is 6.61 Å². The van der Waals surface area contributed by atoms with Gasteiger partial charge in [-0.2, -0.15) is 0 Å². The van der Waals surface area contributed by atoms with Crippen LogP contribution in [-0.2, 0) is 0 Å². The van der Waals surface area contributed by atoms with E-state index in [9.17, 15) is 9.90 Å². The van der Waals surface area contributed by atoms with Crippen LogP contribution < -0.4 is 4.74 Å². The molecule has 0 saturated carbocycles. The number of aliphatic hydroxyl groups is 1. The lowest BCUT2D eigenvalue weighted by molar-refractivity contribution is -0.0268. The number of carboxylic acids is 1. The Balaban J connectivity index is 2.78. The molecule has 0 aromatic heterocycles. The molecule has 1 aromatic rings. The molecule has 0 saturated heterocycles. The Morgan fingerprint density at radius 2 is 2.11 bits per heavy atom. The van der Waals surface area contributed by atoms with Crippen molar-refractivity contribution in [2.24, 2.45) is 5.92 Å². The van der Waals surface area contributed by atoms with Crippen LogP contribution in [0.25, 0.3) is 0 Å². The fraction of sp³-hybridized carbons (Fsp3) is 0.462. The van der Waals surface area contributed by atoms with E-state index in [4.69, 9.17) is 9.84 Å². The number of benzene rings is 1. The molecule has 0 aliphatic carbocycles. The predicted molar refractivity (Wildman–Crippen MR) is 72.1 cm³/mol. The molecule has 1 unspecified atom stereocenters. The van der Waals surface area contributed by atoms with Gasteiger partial charge in [0.2, 0.25) is 0 Å². The highest BCUT2D eigenvalue weighted by molar-refractivity contribution is 9.10. The molecule has 100 valence electrons. The average molecular weight is 317 g/mol. The van der Waals surface area contributed by atoms with E-state index in [-0.39, 0.29) is 18.1 Å². The van der Waals surface area contributed by atoms with Crippen LogP contribution in [-0.4, -0.2) is 28.4 Å². The van der Waals surface area contributed by atoms with Crippen LogP contribution >= 0.6 is 15.9 Å². The molecule has 0 aliphatic heterocycles. The van der Waals surface area contributed by atoms with E-state index in [0.29, 0.717) is 10.2 Å². The van der Waals surface area contributed by atoms with Gasteiger partial charge in [-0.05, 0) is 47.0 Å². The average Bonchev–Trinajstić information content (AvgIpc) is 2.26. The van der Waals surface area contributed by atoms with Crippen molar-refractivity contribution in [1.29, 1.82) is 0 Å². The van der Waals surface area contributed by atoms with Crippen LogP contribution in [0.5, 0.6) is 5.75 Å². The highest BCUT2D eigenvalue weighted by Crippen LogP contribution is 2.27. The number of ether oxygens (including phenoxy) is 1.